The van der Waals surface area contributed by atoms with Crippen LogP contribution in [0.4, 0.5) is 0 Å². The molecule has 3 nitrogen and oxygen atoms in total. The van der Waals surface area contributed by atoms with Crippen molar-refractivity contribution in [2.75, 3.05) is 19.8 Å². The van der Waals surface area contributed by atoms with Crippen LogP contribution in [0.2, 0.25) is 0 Å². The van der Waals surface area contributed by atoms with Crippen LogP contribution in [-0.2, 0) is 16.0 Å². The number of ether oxygens (including phenoxy) is 2. The van der Waals surface area contributed by atoms with Crippen molar-refractivity contribution < 1.29 is 9.47 Å². The van der Waals surface area contributed by atoms with Crippen molar-refractivity contribution in [1.82, 2.24) is 5.32 Å². The van der Waals surface area contributed by atoms with Gasteiger partial charge in [-0.1, -0.05) is 148 Å². The Kier molecular flexibility index (Phi) is 21.0. The van der Waals surface area contributed by atoms with Gasteiger partial charge < -0.3 is 14.8 Å². The van der Waals surface area contributed by atoms with Crippen LogP contribution < -0.4 is 5.32 Å². The SMILES string of the molecule is CCCCCCCCCCC(CCC)(CCCCCCC)C(C)(CCNCc1ccccc1)C(C)(OCC)OCC. The summed E-state index contributed by atoms with van der Waals surface area (Å²) in [7, 11) is 0. The molecule has 1 aromatic rings. The molecule has 41 heavy (non-hydrogen) atoms. The Morgan fingerprint density at radius 2 is 1.05 bits per heavy atom. The van der Waals surface area contributed by atoms with Crippen molar-refractivity contribution >= 4 is 0 Å². The maximum Gasteiger partial charge on any atom is 0.171 e. The molecule has 0 saturated heterocycles. The standard InChI is InChI=1S/C38H71NO2/c1-8-13-15-17-18-19-21-26-31-38(29-10-3,30-25-20-16-14-9-2)36(6,37(7,40-11-4)41-12-5)32-33-39-34-35-27-23-22-24-28-35/h22-24,27-28,39H,8-21,25-26,29-34H2,1-7H3. The second kappa shape index (κ2) is 22.6. The summed E-state index contributed by atoms with van der Waals surface area (Å²) in [5, 5.41) is 3.80. The lowest BCUT2D eigenvalue weighted by molar-refractivity contribution is -0.315. The van der Waals surface area contributed by atoms with Crippen LogP contribution in [0.1, 0.15) is 170 Å². The molecule has 1 rings (SSSR count). The van der Waals surface area contributed by atoms with Crippen molar-refractivity contribution in [2.24, 2.45) is 10.8 Å². The van der Waals surface area contributed by atoms with Gasteiger partial charge in [-0.25, -0.2) is 0 Å². The number of nitrogens with one attached hydrogen (secondary N) is 1. The monoisotopic (exact) mass is 574 g/mol. The summed E-state index contributed by atoms with van der Waals surface area (Å²) in [6, 6.07) is 10.8. The van der Waals surface area contributed by atoms with E-state index in [9.17, 15) is 0 Å². The largest absolute Gasteiger partial charge is 0.350 e. The van der Waals surface area contributed by atoms with Crippen LogP contribution in [0.15, 0.2) is 30.3 Å². The molecule has 0 aromatic heterocycles. The van der Waals surface area contributed by atoms with Gasteiger partial charge in [0.15, 0.2) is 5.79 Å². The normalized spacial score (nSPS) is 15.1. The van der Waals surface area contributed by atoms with E-state index in [0.29, 0.717) is 13.2 Å². The first kappa shape index (κ1) is 38.1. The molecule has 1 aromatic carbocycles. The predicted molar refractivity (Wildman–Crippen MR) is 180 cm³/mol. The molecular formula is C38H71NO2. The highest BCUT2D eigenvalue weighted by atomic mass is 16.7. The minimum atomic E-state index is -0.607. The van der Waals surface area contributed by atoms with Gasteiger partial charge in [0, 0.05) is 25.2 Å². The van der Waals surface area contributed by atoms with Crippen LogP contribution in [0.25, 0.3) is 0 Å². The van der Waals surface area contributed by atoms with Crippen LogP contribution in [0.3, 0.4) is 0 Å². The first-order valence-corrected chi connectivity index (χ1v) is 17.9. The second-order valence-electron chi connectivity index (χ2n) is 13.0. The third kappa shape index (κ3) is 13.1. The van der Waals surface area contributed by atoms with E-state index >= 15 is 0 Å². The van der Waals surface area contributed by atoms with Crippen LogP contribution >= 0.6 is 0 Å². The van der Waals surface area contributed by atoms with Gasteiger partial charge in [0.25, 0.3) is 0 Å². The minimum Gasteiger partial charge on any atom is -0.350 e. The molecule has 0 aliphatic carbocycles. The van der Waals surface area contributed by atoms with E-state index in [0.717, 1.165) is 19.5 Å². The average molecular weight is 574 g/mol. The molecule has 0 bridgehead atoms. The van der Waals surface area contributed by atoms with Gasteiger partial charge in [0.05, 0.1) is 0 Å². The lowest BCUT2D eigenvalue weighted by atomic mass is 9.53. The Hall–Kier alpha value is -0.900. The molecule has 0 aliphatic rings. The van der Waals surface area contributed by atoms with Crippen molar-refractivity contribution in [2.45, 2.75) is 176 Å². The average Bonchev–Trinajstić information content (AvgIpc) is 2.97. The van der Waals surface area contributed by atoms with Gasteiger partial charge in [0.1, 0.15) is 0 Å². The first-order chi connectivity index (χ1) is 19.9. The van der Waals surface area contributed by atoms with Gasteiger partial charge in [0.2, 0.25) is 0 Å². The molecule has 3 heteroatoms. The highest BCUT2D eigenvalue weighted by molar-refractivity contribution is 5.14. The Bertz CT molecular complexity index is 716. The van der Waals surface area contributed by atoms with E-state index in [1.54, 1.807) is 0 Å². The third-order valence-electron chi connectivity index (χ3n) is 9.98. The lowest BCUT2D eigenvalue weighted by Crippen LogP contribution is -2.59. The number of hydrogen-bond acceptors (Lipinski definition) is 3. The molecule has 0 amide bonds. The maximum atomic E-state index is 6.68. The second-order valence-corrected chi connectivity index (χ2v) is 13.0. The Morgan fingerprint density at radius 1 is 0.561 bits per heavy atom. The molecule has 0 saturated carbocycles. The summed E-state index contributed by atoms with van der Waals surface area (Å²) in [5.41, 5.74) is 1.45. The quantitative estimate of drug-likeness (QED) is 0.0798. The van der Waals surface area contributed by atoms with Gasteiger partial charge in [-0.2, -0.15) is 0 Å². The molecule has 1 N–H and O–H groups in total. The summed E-state index contributed by atoms with van der Waals surface area (Å²) >= 11 is 0. The van der Waals surface area contributed by atoms with Crippen molar-refractivity contribution in [3.05, 3.63) is 35.9 Å². The molecule has 0 heterocycles. The number of rotatable bonds is 28. The summed E-state index contributed by atoms with van der Waals surface area (Å²) < 4.78 is 13.4. The molecule has 0 radical (unpaired) electrons. The number of benzene rings is 1. The van der Waals surface area contributed by atoms with Gasteiger partial charge in [-0.05, 0) is 64.0 Å². The molecule has 0 spiro atoms. The number of unbranched alkanes of at least 4 members (excludes halogenated alkanes) is 11. The Labute approximate surface area is 257 Å². The van der Waals surface area contributed by atoms with Crippen LogP contribution in [0.5, 0.6) is 0 Å². The van der Waals surface area contributed by atoms with E-state index < -0.39 is 5.79 Å². The van der Waals surface area contributed by atoms with Gasteiger partial charge in [-0.15, -0.1) is 0 Å². The minimum absolute atomic E-state index is 0.0996. The topological polar surface area (TPSA) is 30.5 Å². The van der Waals surface area contributed by atoms with Crippen LogP contribution in [0, 0.1) is 10.8 Å². The Balaban J connectivity index is 3.24. The first-order valence-electron chi connectivity index (χ1n) is 17.9. The van der Waals surface area contributed by atoms with Crippen molar-refractivity contribution in [1.29, 1.82) is 0 Å². The molecular weight excluding hydrogens is 502 g/mol. The van der Waals surface area contributed by atoms with Crippen molar-refractivity contribution in [3.8, 4) is 0 Å². The summed E-state index contributed by atoms with van der Waals surface area (Å²) in [6.45, 7) is 19.3. The zero-order valence-corrected chi connectivity index (χ0v) is 28.8. The summed E-state index contributed by atoms with van der Waals surface area (Å²) in [6.07, 6.45) is 23.8. The van der Waals surface area contributed by atoms with Gasteiger partial charge in [-0.3, -0.25) is 0 Å². The highest BCUT2D eigenvalue weighted by Gasteiger charge is 2.58. The molecule has 2 atom stereocenters. The maximum absolute atomic E-state index is 6.68. The fourth-order valence-corrected chi connectivity index (χ4v) is 7.40. The van der Waals surface area contributed by atoms with Gasteiger partial charge >= 0.3 is 0 Å². The zero-order chi connectivity index (χ0) is 30.3. The predicted octanol–water partition coefficient (Wildman–Crippen LogP) is 11.6. The van der Waals surface area contributed by atoms with E-state index in [-0.39, 0.29) is 10.8 Å². The van der Waals surface area contributed by atoms with Crippen molar-refractivity contribution in [3.63, 3.8) is 0 Å². The van der Waals surface area contributed by atoms with E-state index in [1.807, 2.05) is 0 Å². The zero-order valence-electron chi connectivity index (χ0n) is 28.8. The lowest BCUT2D eigenvalue weighted by Gasteiger charge is -2.58. The van der Waals surface area contributed by atoms with E-state index in [2.05, 4.69) is 84.1 Å². The molecule has 0 aliphatic heterocycles. The summed E-state index contributed by atoms with van der Waals surface area (Å²) in [5.74, 6) is -0.607. The van der Waals surface area contributed by atoms with Crippen LogP contribution in [-0.4, -0.2) is 25.5 Å². The summed E-state index contributed by atoms with van der Waals surface area (Å²) in [4.78, 5) is 0. The third-order valence-corrected chi connectivity index (χ3v) is 9.98. The highest BCUT2D eigenvalue weighted by Crippen LogP contribution is 2.59. The Morgan fingerprint density at radius 3 is 1.51 bits per heavy atom. The molecule has 240 valence electrons. The molecule has 0 fully saturated rings. The van der Waals surface area contributed by atoms with E-state index in [1.165, 1.54) is 115 Å². The van der Waals surface area contributed by atoms with E-state index in [4.69, 9.17) is 9.47 Å². The number of hydrogen-bond donors (Lipinski definition) is 1. The fraction of sp³-hybridized carbons (Fsp3) is 0.842. The smallest absolute Gasteiger partial charge is 0.171 e. The molecule has 2 unspecified atom stereocenters. The fourth-order valence-electron chi connectivity index (χ4n) is 7.40.